The van der Waals surface area contributed by atoms with Gasteiger partial charge in [-0.2, -0.15) is 0 Å². The minimum Gasteiger partial charge on any atom is -0.455 e. The average molecular weight is 378 g/mol. The van der Waals surface area contributed by atoms with Gasteiger partial charge in [-0.25, -0.2) is 9.59 Å². The van der Waals surface area contributed by atoms with E-state index in [1.165, 1.54) is 0 Å². The zero-order valence-corrected chi connectivity index (χ0v) is 16.1. The van der Waals surface area contributed by atoms with Gasteiger partial charge < -0.3 is 9.47 Å². The first-order valence-electron chi connectivity index (χ1n) is 10.2. The quantitative estimate of drug-likeness (QED) is 0.695. The molecule has 0 N–H and O–H groups in total. The number of fused-ring (bicyclic) bond motifs is 3. The van der Waals surface area contributed by atoms with Gasteiger partial charge in [-0.05, 0) is 55.4 Å². The van der Waals surface area contributed by atoms with E-state index in [0.29, 0.717) is 17.0 Å². The van der Waals surface area contributed by atoms with Gasteiger partial charge in [0, 0.05) is 5.92 Å². The van der Waals surface area contributed by atoms with Crippen molar-refractivity contribution in [2.75, 3.05) is 0 Å². The van der Waals surface area contributed by atoms with Crippen LogP contribution >= 0.6 is 0 Å². The van der Waals surface area contributed by atoms with Crippen molar-refractivity contribution < 1.29 is 19.1 Å². The van der Waals surface area contributed by atoms with E-state index in [4.69, 9.17) is 9.47 Å². The Morgan fingerprint density at radius 1 is 0.821 bits per heavy atom. The van der Waals surface area contributed by atoms with E-state index in [0.717, 1.165) is 25.7 Å². The topological polar surface area (TPSA) is 52.6 Å². The first-order valence-corrected chi connectivity index (χ1v) is 10.2. The highest BCUT2D eigenvalue weighted by Crippen LogP contribution is 2.49. The summed E-state index contributed by atoms with van der Waals surface area (Å²) < 4.78 is 11.9. The van der Waals surface area contributed by atoms with Crippen LogP contribution in [0.3, 0.4) is 0 Å². The lowest BCUT2D eigenvalue weighted by atomic mass is 9.61. The van der Waals surface area contributed by atoms with Crippen molar-refractivity contribution in [3.63, 3.8) is 0 Å². The van der Waals surface area contributed by atoms with Gasteiger partial charge >= 0.3 is 11.9 Å². The van der Waals surface area contributed by atoms with Crippen LogP contribution in [0.1, 0.15) is 53.3 Å². The van der Waals surface area contributed by atoms with Crippen molar-refractivity contribution in [3.8, 4) is 0 Å². The molecule has 0 saturated heterocycles. The summed E-state index contributed by atoms with van der Waals surface area (Å²) in [6.45, 7) is 2.19. The monoisotopic (exact) mass is 378 g/mol. The van der Waals surface area contributed by atoms with Gasteiger partial charge in [-0.1, -0.05) is 49.7 Å². The van der Waals surface area contributed by atoms with Gasteiger partial charge in [0.2, 0.25) is 0 Å². The highest BCUT2D eigenvalue weighted by atomic mass is 16.6. The molecule has 0 aliphatic heterocycles. The molecule has 2 bridgehead atoms. The molecule has 3 aliphatic rings. The van der Waals surface area contributed by atoms with Crippen LogP contribution in [0.4, 0.5) is 0 Å². The Labute approximate surface area is 165 Å². The van der Waals surface area contributed by atoms with Crippen LogP contribution in [0, 0.1) is 17.8 Å². The van der Waals surface area contributed by atoms with Crippen molar-refractivity contribution in [2.45, 2.75) is 44.8 Å². The average Bonchev–Trinajstić information content (AvgIpc) is 2.76. The second-order valence-electron chi connectivity index (χ2n) is 7.88. The van der Waals surface area contributed by atoms with E-state index in [1.807, 2.05) is 36.4 Å². The molecule has 5 rings (SSSR count). The smallest absolute Gasteiger partial charge is 0.338 e. The summed E-state index contributed by atoms with van der Waals surface area (Å²) >= 11 is 0. The first kappa shape index (κ1) is 18.7. The number of benzene rings is 2. The Kier molecular flexibility index (Phi) is 5.47. The third-order valence-electron chi connectivity index (χ3n) is 6.32. The fraction of sp³-hybridized carbons (Fsp3) is 0.417. The van der Waals surface area contributed by atoms with Crippen LogP contribution in [-0.4, -0.2) is 24.1 Å². The molecule has 3 saturated carbocycles. The van der Waals surface area contributed by atoms with Crippen LogP contribution < -0.4 is 0 Å². The zero-order chi connectivity index (χ0) is 19.5. The van der Waals surface area contributed by atoms with E-state index >= 15 is 0 Å². The third-order valence-corrected chi connectivity index (χ3v) is 6.32. The molecule has 2 aromatic carbocycles. The van der Waals surface area contributed by atoms with Gasteiger partial charge in [-0.15, -0.1) is 0 Å². The summed E-state index contributed by atoms with van der Waals surface area (Å²) in [5.41, 5.74) is 1.06. The number of hydrogen-bond donors (Lipinski definition) is 0. The molecule has 4 heteroatoms. The van der Waals surface area contributed by atoms with Crippen LogP contribution in [0.15, 0.2) is 60.7 Å². The lowest BCUT2D eigenvalue weighted by Gasteiger charge is -2.50. The van der Waals surface area contributed by atoms with Crippen molar-refractivity contribution in [1.82, 2.24) is 0 Å². The summed E-state index contributed by atoms with van der Waals surface area (Å²) in [5, 5.41) is 0. The molecule has 28 heavy (non-hydrogen) atoms. The third kappa shape index (κ3) is 3.68. The molecular formula is C24H26O4. The molecular weight excluding hydrogens is 352 g/mol. The molecule has 4 nitrogen and oxygen atoms in total. The molecule has 2 aromatic rings. The number of carbonyl (C=O) groups excluding carboxylic acids is 2. The summed E-state index contributed by atoms with van der Waals surface area (Å²) in [4.78, 5) is 25.4. The number of carbonyl (C=O) groups is 2. The molecule has 0 radical (unpaired) electrons. The van der Waals surface area contributed by atoms with Crippen molar-refractivity contribution in [1.29, 1.82) is 0 Å². The summed E-state index contributed by atoms with van der Waals surface area (Å²) in [6, 6.07) is 18.1. The Bertz CT molecular complexity index is 817. The van der Waals surface area contributed by atoms with E-state index in [9.17, 15) is 9.59 Å². The maximum absolute atomic E-state index is 12.7. The van der Waals surface area contributed by atoms with Gasteiger partial charge in [0.05, 0.1) is 11.1 Å². The standard InChI is InChI=1S/C24H26O4/c1-2-16-15-19-13-14-20(16)22(28-24(26)18-11-7-4-8-12-18)21(19)27-23(25)17-9-5-3-6-10-17/h3-12,16,19-22H,2,13-15H2,1H3. The van der Waals surface area contributed by atoms with Crippen LogP contribution in [0.2, 0.25) is 0 Å². The van der Waals surface area contributed by atoms with Gasteiger partial charge in [0.15, 0.2) is 0 Å². The Morgan fingerprint density at radius 3 is 1.89 bits per heavy atom. The molecule has 3 fully saturated rings. The number of hydrogen-bond acceptors (Lipinski definition) is 4. The van der Waals surface area contributed by atoms with Gasteiger partial charge in [-0.3, -0.25) is 0 Å². The maximum Gasteiger partial charge on any atom is 0.338 e. The largest absolute Gasteiger partial charge is 0.455 e. The highest BCUT2D eigenvalue weighted by molar-refractivity contribution is 5.90. The van der Waals surface area contributed by atoms with Crippen molar-refractivity contribution in [3.05, 3.63) is 71.8 Å². The summed E-state index contributed by atoms with van der Waals surface area (Å²) in [5.74, 6) is 0.326. The number of esters is 2. The van der Waals surface area contributed by atoms with E-state index in [2.05, 4.69) is 6.92 Å². The van der Waals surface area contributed by atoms with E-state index in [-0.39, 0.29) is 36.0 Å². The Balaban J connectivity index is 1.56. The number of rotatable bonds is 5. The lowest BCUT2D eigenvalue weighted by Crippen LogP contribution is -2.55. The van der Waals surface area contributed by atoms with Gasteiger partial charge in [0.1, 0.15) is 12.2 Å². The second kappa shape index (κ2) is 8.17. The predicted molar refractivity (Wildman–Crippen MR) is 106 cm³/mol. The normalized spacial score (nSPS) is 28.5. The zero-order valence-electron chi connectivity index (χ0n) is 16.1. The summed E-state index contributed by atoms with van der Waals surface area (Å²) in [6.07, 6.45) is 3.38. The molecule has 5 atom stereocenters. The fourth-order valence-electron chi connectivity index (χ4n) is 4.89. The minimum absolute atomic E-state index is 0.246. The molecule has 3 aliphatic carbocycles. The molecule has 0 spiro atoms. The van der Waals surface area contributed by atoms with Gasteiger partial charge in [0.25, 0.3) is 0 Å². The molecule has 0 amide bonds. The Morgan fingerprint density at radius 2 is 1.36 bits per heavy atom. The van der Waals surface area contributed by atoms with Crippen LogP contribution in [0.5, 0.6) is 0 Å². The van der Waals surface area contributed by atoms with Crippen molar-refractivity contribution >= 4 is 11.9 Å². The van der Waals surface area contributed by atoms with Crippen molar-refractivity contribution in [2.24, 2.45) is 17.8 Å². The predicted octanol–water partition coefficient (Wildman–Crippen LogP) is 4.89. The maximum atomic E-state index is 12.7. The Hall–Kier alpha value is -2.62. The summed E-state index contributed by atoms with van der Waals surface area (Å²) in [7, 11) is 0. The molecule has 5 unspecified atom stereocenters. The van der Waals surface area contributed by atoms with E-state index < -0.39 is 0 Å². The molecule has 0 heterocycles. The fourth-order valence-corrected chi connectivity index (χ4v) is 4.89. The minimum atomic E-state index is -0.377. The van der Waals surface area contributed by atoms with E-state index in [1.54, 1.807) is 24.3 Å². The second-order valence-corrected chi connectivity index (χ2v) is 7.88. The SMILES string of the molecule is CCC1CC2CCC1C(OC(=O)c1ccccc1)C2OC(=O)c1ccccc1. The first-order chi connectivity index (χ1) is 13.7. The van der Waals surface area contributed by atoms with Crippen LogP contribution in [-0.2, 0) is 9.47 Å². The number of ether oxygens (including phenoxy) is 2. The molecule has 0 aromatic heterocycles. The lowest BCUT2D eigenvalue weighted by molar-refractivity contribution is -0.141. The molecule has 146 valence electrons. The van der Waals surface area contributed by atoms with Crippen LogP contribution in [0.25, 0.3) is 0 Å². The highest BCUT2D eigenvalue weighted by Gasteiger charge is 2.52.